The maximum Gasteiger partial charge on any atom is 0.231 e. The van der Waals surface area contributed by atoms with E-state index >= 15 is 0 Å². The van der Waals surface area contributed by atoms with Crippen molar-refractivity contribution in [3.63, 3.8) is 0 Å². The molecule has 156 valence electrons. The Hall–Kier alpha value is -3.59. The van der Waals surface area contributed by atoms with Crippen molar-refractivity contribution in [1.29, 1.82) is 0 Å². The summed E-state index contributed by atoms with van der Waals surface area (Å²) in [5.41, 5.74) is 9.96. The van der Waals surface area contributed by atoms with Crippen molar-refractivity contribution in [2.24, 2.45) is 0 Å². The highest BCUT2D eigenvalue weighted by molar-refractivity contribution is 9.10. The molecular weight excluding hydrogens is 464 g/mol. The first-order chi connectivity index (χ1) is 15.1. The van der Waals surface area contributed by atoms with Gasteiger partial charge in [-0.1, -0.05) is 0 Å². The van der Waals surface area contributed by atoms with Crippen molar-refractivity contribution in [2.45, 2.75) is 0 Å². The zero-order valence-electron chi connectivity index (χ0n) is 16.7. The summed E-state index contributed by atoms with van der Waals surface area (Å²) in [6.45, 7) is 0.207. The Kier molecular flexibility index (Phi) is 4.74. The molecule has 0 saturated heterocycles. The summed E-state index contributed by atoms with van der Waals surface area (Å²) in [4.78, 5) is 13.2. The van der Waals surface area contributed by atoms with E-state index in [-0.39, 0.29) is 6.79 Å². The highest BCUT2D eigenvalue weighted by Crippen LogP contribution is 2.43. The van der Waals surface area contributed by atoms with Crippen molar-refractivity contribution in [3.05, 3.63) is 47.2 Å². The van der Waals surface area contributed by atoms with Gasteiger partial charge in [0.1, 0.15) is 12.1 Å². The number of hydrogen-bond donors (Lipinski definition) is 1. The Balaban J connectivity index is 1.77. The van der Waals surface area contributed by atoms with Crippen LogP contribution in [0.5, 0.6) is 23.0 Å². The Morgan fingerprint density at radius 3 is 2.61 bits per heavy atom. The molecule has 3 heterocycles. The minimum absolute atomic E-state index is 0.207. The van der Waals surface area contributed by atoms with E-state index < -0.39 is 0 Å². The lowest BCUT2D eigenvalue weighted by Gasteiger charge is -2.15. The fraction of sp³-hybridized carbons (Fsp3) is 0.136. The third-order valence-electron chi connectivity index (χ3n) is 5.05. The molecule has 0 saturated carbocycles. The molecule has 0 amide bonds. The van der Waals surface area contributed by atoms with Crippen molar-refractivity contribution in [3.8, 4) is 45.4 Å². The summed E-state index contributed by atoms with van der Waals surface area (Å²) >= 11 is 3.56. The lowest BCUT2D eigenvalue weighted by Crippen LogP contribution is -1.99. The normalized spacial score (nSPS) is 12.2. The van der Waals surface area contributed by atoms with Crippen LogP contribution in [0, 0.1) is 0 Å². The van der Waals surface area contributed by atoms with Gasteiger partial charge in [-0.2, -0.15) is 0 Å². The molecule has 31 heavy (non-hydrogen) atoms. The number of rotatable bonds is 4. The lowest BCUT2D eigenvalue weighted by atomic mass is 9.99. The summed E-state index contributed by atoms with van der Waals surface area (Å²) < 4.78 is 22.7. The minimum Gasteiger partial charge on any atom is -0.493 e. The predicted molar refractivity (Wildman–Crippen MR) is 120 cm³/mol. The van der Waals surface area contributed by atoms with Crippen LogP contribution in [0.3, 0.4) is 0 Å². The van der Waals surface area contributed by atoms with Gasteiger partial charge in [0.25, 0.3) is 0 Å². The molecule has 5 rings (SSSR count). The smallest absolute Gasteiger partial charge is 0.231 e. The molecule has 1 aliphatic rings. The molecule has 0 bridgehead atoms. The summed E-state index contributed by atoms with van der Waals surface area (Å²) in [7, 11) is 3.18. The maximum atomic E-state index is 6.23. The summed E-state index contributed by atoms with van der Waals surface area (Å²) in [5, 5.41) is 0.658. The molecule has 0 radical (unpaired) electrons. The second-order valence-corrected chi connectivity index (χ2v) is 7.63. The van der Waals surface area contributed by atoms with Crippen LogP contribution in [0.2, 0.25) is 0 Å². The molecule has 1 aliphatic heterocycles. The number of nitrogens with two attached hydrogens (primary N) is 1. The van der Waals surface area contributed by atoms with Gasteiger partial charge >= 0.3 is 0 Å². The van der Waals surface area contributed by atoms with Crippen molar-refractivity contribution in [2.75, 3.05) is 26.7 Å². The molecule has 2 N–H and O–H groups in total. The van der Waals surface area contributed by atoms with Gasteiger partial charge in [0.15, 0.2) is 28.6 Å². The number of nitrogen functional groups attached to an aromatic ring is 1. The number of ether oxygens (including phenoxy) is 4. The van der Waals surface area contributed by atoms with Crippen LogP contribution in [0.15, 0.2) is 47.2 Å². The fourth-order valence-electron chi connectivity index (χ4n) is 3.59. The van der Waals surface area contributed by atoms with Gasteiger partial charge in [-0.05, 0) is 63.5 Å². The van der Waals surface area contributed by atoms with E-state index in [2.05, 4.69) is 25.9 Å². The molecule has 4 aromatic rings. The van der Waals surface area contributed by atoms with Crippen molar-refractivity contribution in [1.82, 2.24) is 15.0 Å². The number of pyridine rings is 1. The van der Waals surface area contributed by atoms with Gasteiger partial charge < -0.3 is 24.7 Å². The SMILES string of the molecule is COc1cc(-c2cc(-c3ccc4c(c3)OCO4)nc3ncnc(N)c23)cc(Br)c1OC. The average Bonchev–Trinajstić information content (AvgIpc) is 3.26. The van der Waals surface area contributed by atoms with Crippen molar-refractivity contribution < 1.29 is 18.9 Å². The second kappa shape index (κ2) is 7.59. The zero-order chi connectivity index (χ0) is 21.5. The molecule has 9 heteroatoms. The molecule has 8 nitrogen and oxygen atoms in total. The van der Waals surface area contributed by atoms with Gasteiger partial charge in [0, 0.05) is 5.56 Å². The summed E-state index contributed by atoms with van der Waals surface area (Å²) in [5.74, 6) is 2.91. The third kappa shape index (κ3) is 3.27. The Labute approximate surface area is 186 Å². The molecule has 2 aromatic carbocycles. The minimum atomic E-state index is 0.207. The van der Waals surface area contributed by atoms with Gasteiger partial charge in [0.2, 0.25) is 6.79 Å². The van der Waals surface area contributed by atoms with E-state index in [4.69, 9.17) is 29.7 Å². The van der Waals surface area contributed by atoms with Crippen LogP contribution in [0.4, 0.5) is 5.82 Å². The van der Waals surface area contributed by atoms with E-state index in [0.717, 1.165) is 21.2 Å². The third-order valence-corrected chi connectivity index (χ3v) is 5.64. The average molecular weight is 481 g/mol. The number of fused-ring (bicyclic) bond motifs is 2. The predicted octanol–water partition coefficient (Wildman–Crippen LogP) is 4.45. The molecule has 0 aliphatic carbocycles. The van der Waals surface area contributed by atoms with Crippen LogP contribution in [-0.2, 0) is 0 Å². The topological polar surface area (TPSA) is 102 Å². The Bertz CT molecular complexity index is 1330. The largest absolute Gasteiger partial charge is 0.493 e. The monoisotopic (exact) mass is 480 g/mol. The summed E-state index contributed by atoms with van der Waals surface area (Å²) in [6.07, 6.45) is 1.41. The Morgan fingerprint density at radius 2 is 1.81 bits per heavy atom. The number of benzene rings is 2. The molecule has 0 spiro atoms. The number of halogens is 1. The highest BCUT2D eigenvalue weighted by Gasteiger charge is 2.19. The number of aromatic nitrogens is 3. The zero-order valence-corrected chi connectivity index (χ0v) is 18.3. The maximum absolute atomic E-state index is 6.23. The number of methoxy groups -OCH3 is 2. The van der Waals surface area contributed by atoms with E-state index in [1.54, 1.807) is 14.2 Å². The van der Waals surface area contributed by atoms with Gasteiger partial charge in [0.05, 0.1) is 29.8 Å². The lowest BCUT2D eigenvalue weighted by molar-refractivity contribution is 0.174. The number of nitrogens with zero attached hydrogens (tertiary/aromatic N) is 3. The highest BCUT2D eigenvalue weighted by atomic mass is 79.9. The van der Waals surface area contributed by atoms with Gasteiger partial charge in [-0.25, -0.2) is 15.0 Å². The molecule has 2 aromatic heterocycles. The molecule has 0 fully saturated rings. The van der Waals surface area contributed by atoms with Gasteiger partial charge in [-0.15, -0.1) is 0 Å². The van der Waals surface area contributed by atoms with E-state index in [9.17, 15) is 0 Å². The molecular formula is C22H17BrN4O4. The molecule has 0 atom stereocenters. The van der Waals surface area contributed by atoms with Crippen molar-refractivity contribution >= 4 is 32.8 Å². The van der Waals surface area contributed by atoms with E-state index in [1.807, 2.05) is 36.4 Å². The quantitative estimate of drug-likeness (QED) is 0.456. The standard InChI is InChI=1S/C22H17BrN4O4/c1-28-18-7-12(5-14(23)20(18)29-2)13-8-15(27-22-19(13)21(24)25-9-26-22)11-3-4-16-17(6-11)31-10-30-16/h3-9H,10H2,1-2H3,(H2,24,25,26,27). The van der Waals surface area contributed by atoms with Crippen LogP contribution in [0.1, 0.15) is 0 Å². The van der Waals surface area contributed by atoms with Crippen LogP contribution in [0.25, 0.3) is 33.4 Å². The second-order valence-electron chi connectivity index (χ2n) is 6.77. The first kappa shape index (κ1) is 19.4. The van der Waals surface area contributed by atoms with Crippen LogP contribution in [-0.4, -0.2) is 36.0 Å². The Morgan fingerprint density at radius 1 is 0.968 bits per heavy atom. The molecule has 0 unspecified atom stereocenters. The van der Waals surface area contributed by atoms with E-state index in [1.165, 1.54) is 6.33 Å². The van der Waals surface area contributed by atoms with E-state index in [0.29, 0.717) is 45.5 Å². The van der Waals surface area contributed by atoms with Crippen LogP contribution >= 0.6 is 15.9 Å². The number of anilines is 1. The summed E-state index contributed by atoms with van der Waals surface area (Å²) in [6, 6.07) is 11.5. The first-order valence-electron chi connectivity index (χ1n) is 9.32. The number of hydrogen-bond acceptors (Lipinski definition) is 8. The van der Waals surface area contributed by atoms with Crippen LogP contribution < -0.4 is 24.7 Å². The fourth-order valence-corrected chi connectivity index (χ4v) is 4.20. The first-order valence-corrected chi connectivity index (χ1v) is 10.1. The van der Waals surface area contributed by atoms with Gasteiger partial charge in [-0.3, -0.25) is 0 Å².